The van der Waals surface area contributed by atoms with Gasteiger partial charge in [-0.3, -0.25) is 0 Å². The predicted octanol–water partition coefficient (Wildman–Crippen LogP) is 4.96. The summed E-state index contributed by atoms with van der Waals surface area (Å²) >= 11 is 0. The first-order valence-electron chi connectivity index (χ1n) is 10.0. The molecule has 0 aromatic heterocycles. The maximum Gasteiger partial charge on any atom is 0.408 e. The van der Waals surface area contributed by atoms with E-state index in [-0.39, 0.29) is 0 Å². The summed E-state index contributed by atoms with van der Waals surface area (Å²) < 4.78 is 17.0. The van der Waals surface area contributed by atoms with Crippen molar-refractivity contribution >= 4 is 12.1 Å². The zero-order valence-electron chi connectivity index (χ0n) is 18.5. The highest BCUT2D eigenvalue weighted by molar-refractivity contribution is 5.81. The molecule has 2 aromatic rings. The molecule has 0 aliphatic carbocycles. The predicted molar refractivity (Wildman–Crippen MR) is 115 cm³/mol. The van der Waals surface area contributed by atoms with Crippen LogP contribution in [-0.4, -0.2) is 29.8 Å². The zero-order valence-corrected chi connectivity index (χ0v) is 18.5. The third-order valence-corrected chi connectivity index (χ3v) is 4.23. The van der Waals surface area contributed by atoms with E-state index in [9.17, 15) is 9.59 Å². The third-order valence-electron chi connectivity index (χ3n) is 4.23. The average Bonchev–Trinajstić information content (AvgIpc) is 2.66. The minimum atomic E-state index is -0.863. The van der Waals surface area contributed by atoms with Crippen LogP contribution in [0.15, 0.2) is 54.6 Å². The lowest BCUT2D eigenvalue weighted by atomic mass is 10.0. The van der Waals surface area contributed by atoms with Gasteiger partial charge in [0.25, 0.3) is 0 Å². The highest BCUT2D eigenvalue weighted by atomic mass is 16.6. The van der Waals surface area contributed by atoms with E-state index in [1.54, 1.807) is 34.6 Å². The van der Waals surface area contributed by atoms with Gasteiger partial charge in [0.05, 0.1) is 0 Å². The Balaban J connectivity index is 2.09. The highest BCUT2D eigenvalue weighted by Gasteiger charge is 2.28. The van der Waals surface area contributed by atoms with Crippen LogP contribution >= 0.6 is 0 Å². The van der Waals surface area contributed by atoms with Crippen molar-refractivity contribution in [1.82, 2.24) is 5.32 Å². The maximum absolute atomic E-state index is 12.5. The van der Waals surface area contributed by atoms with Crippen LogP contribution in [0.3, 0.4) is 0 Å². The molecule has 0 saturated heterocycles. The number of esters is 1. The summed E-state index contributed by atoms with van der Waals surface area (Å²) in [6.07, 6.45) is -1.77. The summed E-state index contributed by atoms with van der Waals surface area (Å²) in [4.78, 5) is 24.5. The minimum Gasteiger partial charge on any atom is -0.482 e. The summed E-state index contributed by atoms with van der Waals surface area (Å²) in [6.45, 7) is 10.6. The fraction of sp³-hybridized carbons (Fsp3) is 0.417. The molecule has 0 spiro atoms. The van der Waals surface area contributed by atoms with Crippen molar-refractivity contribution in [1.29, 1.82) is 0 Å². The molecule has 0 aliphatic heterocycles. The smallest absolute Gasteiger partial charge is 0.408 e. The van der Waals surface area contributed by atoms with Crippen molar-refractivity contribution in [3.63, 3.8) is 0 Å². The van der Waals surface area contributed by atoms with Gasteiger partial charge in [-0.05, 0) is 59.2 Å². The molecule has 6 heteroatoms. The van der Waals surface area contributed by atoms with Gasteiger partial charge in [-0.25, -0.2) is 9.59 Å². The van der Waals surface area contributed by atoms with Crippen molar-refractivity contribution < 1.29 is 23.8 Å². The molecule has 0 heterocycles. The number of amides is 1. The van der Waals surface area contributed by atoms with Gasteiger partial charge < -0.3 is 19.5 Å². The molecule has 2 aromatic carbocycles. The SMILES string of the molecule is Cc1ccc(C(Oc2ccccc2)C(C)OC(=O)[C@H](C)NC(=O)OC(C)(C)C)cc1. The first-order chi connectivity index (χ1) is 14.0. The molecular weight excluding hydrogens is 382 g/mol. The summed E-state index contributed by atoms with van der Waals surface area (Å²) in [5, 5.41) is 2.50. The molecule has 0 aliphatic rings. The standard InChI is InChI=1S/C24H31NO5/c1-16-12-14-19(15-13-16)21(29-20-10-8-7-9-11-20)18(3)28-22(26)17(2)25-23(27)30-24(4,5)6/h7-15,17-18,21H,1-6H3,(H,25,27)/t17-,18?,21?/m0/s1. The molecule has 1 amide bonds. The number of para-hydroxylation sites is 1. The van der Waals surface area contributed by atoms with Crippen LogP contribution < -0.4 is 10.1 Å². The van der Waals surface area contributed by atoms with Crippen LogP contribution in [-0.2, 0) is 14.3 Å². The first kappa shape index (κ1) is 23.3. The van der Waals surface area contributed by atoms with Gasteiger partial charge in [0.15, 0.2) is 6.10 Å². The second kappa shape index (κ2) is 10.1. The van der Waals surface area contributed by atoms with E-state index < -0.39 is 35.9 Å². The Morgan fingerprint density at radius 3 is 2.10 bits per heavy atom. The van der Waals surface area contributed by atoms with Crippen LogP contribution in [0.25, 0.3) is 0 Å². The van der Waals surface area contributed by atoms with Gasteiger partial charge in [0.1, 0.15) is 23.5 Å². The van der Waals surface area contributed by atoms with Crippen molar-refractivity contribution in [2.75, 3.05) is 0 Å². The van der Waals surface area contributed by atoms with E-state index in [0.717, 1.165) is 11.1 Å². The lowest BCUT2D eigenvalue weighted by Gasteiger charge is -2.27. The molecule has 30 heavy (non-hydrogen) atoms. The number of nitrogens with one attached hydrogen (secondary N) is 1. The Hall–Kier alpha value is -3.02. The van der Waals surface area contributed by atoms with Gasteiger partial charge in [0.2, 0.25) is 0 Å². The lowest BCUT2D eigenvalue weighted by Crippen LogP contribution is -2.43. The second-order valence-corrected chi connectivity index (χ2v) is 8.27. The van der Waals surface area contributed by atoms with Crippen molar-refractivity contribution in [3.05, 3.63) is 65.7 Å². The molecule has 2 unspecified atom stereocenters. The Kier molecular flexibility index (Phi) is 7.86. The summed E-state index contributed by atoms with van der Waals surface area (Å²) in [5.41, 5.74) is 1.36. The minimum absolute atomic E-state index is 0.509. The first-order valence-corrected chi connectivity index (χ1v) is 10.0. The Bertz CT molecular complexity index is 827. The number of hydrogen-bond acceptors (Lipinski definition) is 5. The molecule has 0 radical (unpaired) electrons. The van der Waals surface area contributed by atoms with E-state index in [1.807, 2.05) is 61.5 Å². The molecular formula is C24H31NO5. The van der Waals surface area contributed by atoms with Gasteiger partial charge in [-0.2, -0.15) is 0 Å². The number of ether oxygens (including phenoxy) is 3. The molecule has 0 fully saturated rings. The summed E-state index contributed by atoms with van der Waals surface area (Å²) in [7, 11) is 0. The van der Waals surface area contributed by atoms with Crippen molar-refractivity contribution in [2.24, 2.45) is 0 Å². The zero-order chi connectivity index (χ0) is 22.3. The number of aryl methyl sites for hydroxylation is 1. The lowest BCUT2D eigenvalue weighted by molar-refractivity contribution is -0.155. The summed E-state index contributed by atoms with van der Waals surface area (Å²) in [6, 6.07) is 16.4. The topological polar surface area (TPSA) is 73.9 Å². The number of hydrogen-bond donors (Lipinski definition) is 1. The molecule has 162 valence electrons. The largest absolute Gasteiger partial charge is 0.482 e. The van der Waals surface area contributed by atoms with Crippen LogP contribution in [0.4, 0.5) is 4.79 Å². The van der Waals surface area contributed by atoms with E-state index in [4.69, 9.17) is 14.2 Å². The molecule has 0 saturated carbocycles. The molecule has 3 atom stereocenters. The Morgan fingerprint density at radius 1 is 0.933 bits per heavy atom. The summed E-state index contributed by atoms with van der Waals surface area (Å²) in [5.74, 6) is 0.105. The van der Waals surface area contributed by atoms with Crippen LogP contribution in [0.5, 0.6) is 5.75 Å². The Labute approximate surface area is 178 Å². The van der Waals surface area contributed by atoms with E-state index in [0.29, 0.717) is 5.75 Å². The molecule has 0 bridgehead atoms. The van der Waals surface area contributed by atoms with Crippen molar-refractivity contribution in [3.8, 4) is 5.75 Å². The van der Waals surface area contributed by atoms with Gasteiger partial charge in [0, 0.05) is 0 Å². The Morgan fingerprint density at radius 2 is 1.53 bits per heavy atom. The van der Waals surface area contributed by atoms with Gasteiger partial charge in [-0.15, -0.1) is 0 Å². The van der Waals surface area contributed by atoms with Gasteiger partial charge >= 0.3 is 12.1 Å². The average molecular weight is 414 g/mol. The fourth-order valence-electron chi connectivity index (χ4n) is 2.73. The van der Waals surface area contributed by atoms with Gasteiger partial charge in [-0.1, -0.05) is 48.0 Å². The van der Waals surface area contributed by atoms with Crippen molar-refractivity contribution in [2.45, 2.75) is 65.4 Å². The molecule has 1 N–H and O–H groups in total. The van der Waals surface area contributed by atoms with Crippen LogP contribution in [0.2, 0.25) is 0 Å². The fourth-order valence-corrected chi connectivity index (χ4v) is 2.73. The number of carbonyl (C=O) groups excluding carboxylic acids is 2. The molecule has 2 rings (SSSR count). The second-order valence-electron chi connectivity index (χ2n) is 8.27. The monoisotopic (exact) mass is 413 g/mol. The number of alkyl carbamates (subject to hydrolysis) is 1. The van der Waals surface area contributed by atoms with E-state index >= 15 is 0 Å². The quantitative estimate of drug-likeness (QED) is 0.650. The third kappa shape index (κ3) is 7.43. The normalized spacial score (nSPS) is 14.2. The number of carbonyl (C=O) groups is 2. The van der Waals surface area contributed by atoms with E-state index in [2.05, 4.69) is 5.32 Å². The molecule has 6 nitrogen and oxygen atoms in total. The number of benzene rings is 2. The highest BCUT2D eigenvalue weighted by Crippen LogP contribution is 2.27. The van der Waals surface area contributed by atoms with Crippen LogP contribution in [0.1, 0.15) is 51.8 Å². The van der Waals surface area contributed by atoms with E-state index in [1.165, 1.54) is 0 Å². The number of rotatable bonds is 7. The van der Waals surface area contributed by atoms with Crippen LogP contribution in [0, 0.1) is 6.92 Å². The maximum atomic E-state index is 12.5.